The summed E-state index contributed by atoms with van der Waals surface area (Å²) in [5, 5.41) is 5.84. The second kappa shape index (κ2) is 11.0. The highest BCUT2D eigenvalue weighted by Gasteiger charge is 2.21. The van der Waals surface area contributed by atoms with Crippen molar-refractivity contribution in [3.63, 3.8) is 0 Å². The summed E-state index contributed by atoms with van der Waals surface area (Å²) in [7, 11) is 1.59. The van der Waals surface area contributed by atoms with Crippen LogP contribution in [-0.4, -0.2) is 25.0 Å². The Morgan fingerprint density at radius 2 is 1.50 bits per heavy atom. The van der Waals surface area contributed by atoms with Crippen LogP contribution in [0.15, 0.2) is 78.9 Å². The normalized spacial score (nSPS) is 12.3. The summed E-state index contributed by atoms with van der Waals surface area (Å²) in [6.07, 6.45) is -0.236. The molecule has 3 aromatic rings. The van der Waals surface area contributed by atoms with Gasteiger partial charge in [0.25, 0.3) is 11.8 Å². The first-order valence-electron chi connectivity index (χ1n) is 10.6. The zero-order valence-corrected chi connectivity index (χ0v) is 18.5. The van der Waals surface area contributed by atoms with Gasteiger partial charge in [-0.1, -0.05) is 49.4 Å². The molecule has 3 aromatic carbocycles. The molecule has 2 atom stereocenters. The Bertz CT molecular complexity index is 1040. The summed E-state index contributed by atoms with van der Waals surface area (Å²) in [6.45, 7) is 3.79. The predicted octanol–water partition coefficient (Wildman–Crippen LogP) is 4.98. The fraction of sp³-hybridized carbons (Fsp3) is 0.231. The predicted molar refractivity (Wildman–Crippen MR) is 125 cm³/mol. The van der Waals surface area contributed by atoms with E-state index in [4.69, 9.17) is 9.47 Å². The SMILES string of the molecule is CC[C@@H](Oc1ccc(OC)cc1)C(=O)Nc1ccccc1C(=O)N[C@@H](C)c1ccccc1. The van der Waals surface area contributed by atoms with Crippen LogP contribution in [-0.2, 0) is 4.79 Å². The fourth-order valence-electron chi connectivity index (χ4n) is 3.24. The molecule has 6 nitrogen and oxygen atoms in total. The van der Waals surface area contributed by atoms with Crippen LogP contribution in [0, 0.1) is 0 Å². The van der Waals surface area contributed by atoms with Gasteiger partial charge in [-0.05, 0) is 55.3 Å². The molecule has 0 saturated heterocycles. The molecular weight excluding hydrogens is 404 g/mol. The number of anilines is 1. The number of carbonyl (C=O) groups is 2. The summed E-state index contributed by atoms with van der Waals surface area (Å²) < 4.78 is 11.0. The smallest absolute Gasteiger partial charge is 0.265 e. The third-order valence-corrected chi connectivity index (χ3v) is 5.08. The molecule has 0 heterocycles. The third-order valence-electron chi connectivity index (χ3n) is 5.08. The molecule has 0 unspecified atom stereocenters. The first kappa shape index (κ1) is 22.9. The number of nitrogens with one attached hydrogen (secondary N) is 2. The Morgan fingerprint density at radius 1 is 0.875 bits per heavy atom. The molecule has 0 fully saturated rings. The number of amides is 2. The number of methoxy groups -OCH3 is 1. The van der Waals surface area contributed by atoms with E-state index in [-0.39, 0.29) is 17.9 Å². The van der Waals surface area contributed by atoms with E-state index < -0.39 is 6.10 Å². The molecular formula is C26H28N2O4. The second-order valence-corrected chi connectivity index (χ2v) is 7.33. The minimum absolute atomic E-state index is 0.172. The molecule has 0 aromatic heterocycles. The zero-order chi connectivity index (χ0) is 22.9. The summed E-state index contributed by atoms with van der Waals surface area (Å²) in [4.78, 5) is 25.8. The van der Waals surface area contributed by atoms with E-state index in [1.165, 1.54) is 0 Å². The van der Waals surface area contributed by atoms with Crippen molar-refractivity contribution < 1.29 is 19.1 Å². The van der Waals surface area contributed by atoms with Crippen molar-refractivity contribution in [1.29, 1.82) is 0 Å². The number of benzene rings is 3. The van der Waals surface area contributed by atoms with E-state index in [9.17, 15) is 9.59 Å². The molecule has 0 aliphatic heterocycles. The molecule has 32 heavy (non-hydrogen) atoms. The standard InChI is InChI=1S/C26H28N2O4/c1-4-24(32-21-16-14-20(31-3)15-17-21)26(30)28-23-13-9-8-12-22(23)25(29)27-18(2)19-10-6-5-7-11-19/h5-18,24H,4H2,1-3H3,(H,27,29)(H,28,30)/t18-,24+/m0/s1. The molecule has 3 rings (SSSR count). The highest BCUT2D eigenvalue weighted by atomic mass is 16.5. The Balaban J connectivity index is 1.69. The van der Waals surface area contributed by atoms with Gasteiger partial charge in [-0.3, -0.25) is 9.59 Å². The van der Waals surface area contributed by atoms with Crippen LogP contribution in [0.5, 0.6) is 11.5 Å². The maximum atomic E-state index is 12.9. The second-order valence-electron chi connectivity index (χ2n) is 7.33. The van der Waals surface area contributed by atoms with Crippen molar-refractivity contribution in [2.75, 3.05) is 12.4 Å². The quantitative estimate of drug-likeness (QED) is 0.500. The topological polar surface area (TPSA) is 76.7 Å². The molecule has 2 N–H and O–H groups in total. The number of rotatable bonds is 9. The number of carbonyl (C=O) groups excluding carboxylic acids is 2. The minimum Gasteiger partial charge on any atom is -0.497 e. The van der Waals surface area contributed by atoms with Gasteiger partial charge in [0, 0.05) is 0 Å². The van der Waals surface area contributed by atoms with Gasteiger partial charge in [0.1, 0.15) is 11.5 Å². The average molecular weight is 433 g/mol. The van der Waals surface area contributed by atoms with E-state index in [0.717, 1.165) is 5.56 Å². The summed E-state index contributed by atoms with van der Waals surface area (Å²) in [6, 6.07) is 23.5. The number of ether oxygens (including phenoxy) is 2. The number of hydrogen-bond acceptors (Lipinski definition) is 4. The summed E-state index contributed by atoms with van der Waals surface area (Å²) >= 11 is 0. The highest BCUT2D eigenvalue weighted by molar-refractivity contribution is 6.04. The largest absolute Gasteiger partial charge is 0.497 e. The van der Waals surface area contributed by atoms with E-state index >= 15 is 0 Å². The molecule has 0 spiro atoms. The van der Waals surface area contributed by atoms with Gasteiger partial charge in [0.15, 0.2) is 6.10 Å². The van der Waals surface area contributed by atoms with Crippen molar-refractivity contribution in [3.8, 4) is 11.5 Å². The fourth-order valence-corrected chi connectivity index (χ4v) is 3.24. The van der Waals surface area contributed by atoms with Gasteiger partial charge in [0.2, 0.25) is 0 Å². The van der Waals surface area contributed by atoms with E-state index in [2.05, 4.69) is 10.6 Å². The molecule has 2 amide bonds. The van der Waals surface area contributed by atoms with Gasteiger partial charge in [0.05, 0.1) is 24.4 Å². The van der Waals surface area contributed by atoms with Crippen molar-refractivity contribution >= 4 is 17.5 Å². The highest BCUT2D eigenvalue weighted by Crippen LogP contribution is 2.21. The molecule has 0 saturated carbocycles. The summed E-state index contributed by atoms with van der Waals surface area (Å²) in [5.74, 6) is 0.691. The first-order valence-corrected chi connectivity index (χ1v) is 10.6. The maximum absolute atomic E-state index is 12.9. The van der Waals surface area contributed by atoms with Crippen molar-refractivity contribution in [2.24, 2.45) is 0 Å². The lowest BCUT2D eigenvalue weighted by molar-refractivity contribution is -0.122. The zero-order valence-electron chi connectivity index (χ0n) is 18.5. The minimum atomic E-state index is -0.706. The lowest BCUT2D eigenvalue weighted by Gasteiger charge is -2.19. The van der Waals surface area contributed by atoms with Crippen molar-refractivity contribution in [3.05, 3.63) is 90.0 Å². The van der Waals surface area contributed by atoms with Gasteiger partial charge in [-0.25, -0.2) is 0 Å². The molecule has 0 radical (unpaired) electrons. The third kappa shape index (κ3) is 5.88. The Kier molecular flexibility index (Phi) is 7.86. The molecule has 6 heteroatoms. The molecule has 166 valence electrons. The number of hydrogen-bond donors (Lipinski definition) is 2. The van der Waals surface area contributed by atoms with Crippen LogP contribution in [0.2, 0.25) is 0 Å². The summed E-state index contributed by atoms with van der Waals surface area (Å²) in [5.41, 5.74) is 1.83. The Hall–Kier alpha value is -3.80. The van der Waals surface area contributed by atoms with E-state index in [0.29, 0.717) is 29.2 Å². The lowest BCUT2D eigenvalue weighted by atomic mass is 10.1. The van der Waals surface area contributed by atoms with Crippen molar-refractivity contribution in [1.82, 2.24) is 5.32 Å². The van der Waals surface area contributed by atoms with Crippen LogP contribution < -0.4 is 20.1 Å². The number of para-hydroxylation sites is 1. The van der Waals surface area contributed by atoms with Crippen LogP contribution >= 0.6 is 0 Å². The van der Waals surface area contributed by atoms with Crippen molar-refractivity contribution in [2.45, 2.75) is 32.4 Å². The van der Waals surface area contributed by atoms with Crippen LogP contribution in [0.3, 0.4) is 0 Å². The average Bonchev–Trinajstić information content (AvgIpc) is 2.83. The van der Waals surface area contributed by atoms with Crippen LogP contribution in [0.4, 0.5) is 5.69 Å². The van der Waals surface area contributed by atoms with Crippen LogP contribution in [0.1, 0.15) is 42.2 Å². The molecule has 0 bridgehead atoms. The Labute approximate surface area is 188 Å². The first-order chi connectivity index (χ1) is 15.5. The molecule has 0 aliphatic rings. The van der Waals surface area contributed by atoms with Gasteiger partial charge < -0.3 is 20.1 Å². The van der Waals surface area contributed by atoms with E-state index in [1.807, 2.05) is 44.2 Å². The van der Waals surface area contributed by atoms with Gasteiger partial charge in [-0.2, -0.15) is 0 Å². The molecule has 0 aliphatic carbocycles. The monoisotopic (exact) mass is 432 g/mol. The lowest BCUT2D eigenvalue weighted by Crippen LogP contribution is -2.34. The maximum Gasteiger partial charge on any atom is 0.265 e. The Morgan fingerprint density at radius 3 is 2.16 bits per heavy atom. The van der Waals surface area contributed by atoms with Crippen LogP contribution in [0.25, 0.3) is 0 Å². The van der Waals surface area contributed by atoms with Gasteiger partial charge >= 0.3 is 0 Å². The van der Waals surface area contributed by atoms with E-state index in [1.54, 1.807) is 55.6 Å². The van der Waals surface area contributed by atoms with Gasteiger partial charge in [-0.15, -0.1) is 0 Å².